The Morgan fingerprint density at radius 2 is 0.160 bits per heavy atom. The van der Waals surface area contributed by atoms with Crippen molar-refractivity contribution < 1.29 is 503 Å². The first-order chi connectivity index (χ1) is 14.0. The molecule has 24 heteroatoms. The summed E-state index contributed by atoms with van der Waals surface area (Å²) in [5.41, 5.74) is 0. The van der Waals surface area contributed by atoms with Gasteiger partial charge in [0.25, 0.3) is 0 Å². The maximum absolute atomic E-state index is 5.00. The van der Waals surface area contributed by atoms with Crippen LogP contribution in [0, 0.1) is 0 Å². The molecule has 0 saturated heterocycles. The Morgan fingerprint density at radius 1 is 0.160 bits per heavy atom. The minimum atomic E-state index is 0. The first-order valence-corrected chi connectivity index (χ1v) is 0. The molecular formula is CH54V24. The molecule has 0 amide bonds. The van der Waals surface area contributed by atoms with Gasteiger partial charge in [0.1, 0.15) is 0 Å². The van der Waals surface area contributed by atoms with E-state index in [9.17, 15) is 0 Å². The molecule has 0 atom stereocenters. The molecular weight excluding hydrogens is 1230 g/mol. The summed E-state index contributed by atoms with van der Waals surface area (Å²) in [6.07, 6.45) is 0. The molecule has 24 radical (unpaired) electrons. The second-order valence-electron chi connectivity index (χ2n) is 0. The second kappa shape index (κ2) is 265. The first-order valence-electron chi connectivity index (χ1n) is 14.0. The van der Waals surface area contributed by atoms with Gasteiger partial charge in [-0.25, -0.2) is 0 Å². The zero-order valence-corrected chi connectivity index (χ0v) is 44.3. The van der Waals surface area contributed by atoms with Gasteiger partial charge in [0.05, 0.1) is 0 Å². The van der Waals surface area contributed by atoms with Crippen molar-refractivity contribution in [3.8, 4) is 0 Å². The van der Waals surface area contributed by atoms with Crippen LogP contribution in [0.3, 0.4) is 0 Å². The molecule has 0 aromatic heterocycles. The maximum atomic E-state index is 5.00. The molecule has 0 nitrogen and oxygen atoms in total. The van der Waals surface area contributed by atoms with Crippen LogP contribution < -0.4 is 0 Å². The van der Waals surface area contributed by atoms with Gasteiger partial charge >= 0.3 is 0 Å². The fraction of sp³-hybridized carbons (Fsp3) is 1.00. The third-order valence-corrected chi connectivity index (χ3v) is 0. The van der Waals surface area contributed by atoms with Gasteiger partial charge in [-0.3, -0.25) is 0 Å². The minimum Gasteiger partial charge on any atom is -0.0776 e. The van der Waals surface area contributed by atoms with Gasteiger partial charge in [-0.15, -0.1) is 0 Å². The molecule has 0 rings (SSSR count). The van der Waals surface area contributed by atoms with Crippen molar-refractivity contribution in [3.05, 3.63) is 0 Å². The molecule has 0 spiro atoms. The van der Waals surface area contributed by atoms with E-state index in [0.717, 1.165) is 0 Å². The average Bonchev–Trinajstić information content (AvgIpc) is 2.95. The smallest absolute Gasteiger partial charge is 0 e. The van der Waals surface area contributed by atoms with Crippen LogP contribution >= 0.6 is 0 Å². The summed E-state index contributed by atoms with van der Waals surface area (Å²) in [6.45, 7) is 0. The van der Waals surface area contributed by atoms with Gasteiger partial charge in [-0.1, -0.05) is 7.43 Å². The number of hydrogen-bond donors (Lipinski definition) is 0. The van der Waals surface area contributed by atoms with Gasteiger partial charge in [0, 0.05) is 503 Å². The SMILES string of the molecule is C.[3HH].[3HH].[3HH].[3HH].[3HH].[3HH].[3HH].[3HH].[3HH].[3HH].[3HH].[3H][3H].[3H][3H].[3H][3H].[3H][3H].[3H][3H].[3H][3H].[3H][3H].[3H][3H].[3H][3H].[3H][3H].[3H][3H].[3H][3H].[3H][3H].[3H][3H].[V].[V].[V].[V].[V].[V].[V].[V].[V].[V].[V].[V].[V].[V].[V].[V].[V].[V].[V].[V].[V].[V].[V].[V]. The zero-order chi connectivity index (χ0) is 28.0. The van der Waals surface area contributed by atoms with E-state index in [0.29, 0.717) is 0 Å². The quantitative estimate of drug-likeness (QED) is 0.253. The summed E-state index contributed by atoms with van der Waals surface area (Å²) >= 11 is 0. The molecule has 0 N–H and O–H groups in total. The maximum Gasteiger partial charge on any atom is 0 e. The summed E-state index contributed by atoms with van der Waals surface area (Å²) in [4.78, 5) is 0. The Bertz CT molecular complexity index is 67.8. The molecule has 0 bridgehead atoms. The molecule has 0 aromatic rings. The molecule has 0 aromatic carbocycles. The minimum absolute atomic E-state index is 0. The van der Waals surface area contributed by atoms with Crippen LogP contribution in [0.2, 0.25) is 0 Å². The van der Waals surface area contributed by atoms with Crippen molar-refractivity contribution in [1.29, 1.82) is 0 Å². The molecule has 0 heterocycles. The number of hydrogen-bond acceptors (Lipinski definition) is 0. The van der Waals surface area contributed by atoms with Gasteiger partial charge < -0.3 is 0 Å². The van der Waals surface area contributed by atoms with Crippen molar-refractivity contribution in [2.75, 3.05) is 0 Å². The Labute approximate surface area is 500 Å². The van der Waals surface area contributed by atoms with E-state index in [1.54, 1.807) is 0 Å². The summed E-state index contributed by atoms with van der Waals surface area (Å²) < 4.78 is 140. The predicted molar refractivity (Wildman–Crippen MR) is 59.6 cm³/mol. The van der Waals surface area contributed by atoms with Gasteiger partial charge in [-0.05, 0) is 0 Å². The van der Waals surface area contributed by atoms with Crippen LogP contribution in [0.25, 0.3) is 0 Å². The first kappa shape index (κ1) is 71.8. The molecule has 0 unspecified atom stereocenters. The fourth-order valence-corrected chi connectivity index (χ4v) is 0. The van der Waals surface area contributed by atoms with Crippen LogP contribution in [-0.2, 0) is 445 Å². The van der Waals surface area contributed by atoms with Gasteiger partial charge in [0.2, 0.25) is 0 Å². The normalized spacial score (nSPS) is 4.48. The predicted octanol–water partition coefficient (Wildman–Crippen LogP) is 6.73. The molecule has 0 saturated carbocycles. The summed E-state index contributed by atoms with van der Waals surface area (Å²) in [7, 11) is 0. The molecule has 178 valence electrons. The summed E-state index contributed by atoms with van der Waals surface area (Å²) in [6, 6.07) is 0. The van der Waals surface area contributed by atoms with E-state index >= 15 is 0 Å². The van der Waals surface area contributed by atoms with Crippen molar-refractivity contribution in [2.24, 2.45) is 0 Å². The largest absolute Gasteiger partial charge is 0.0776 e. The van der Waals surface area contributed by atoms with Crippen LogP contribution in [-0.4, -0.2) is 0 Å². The zero-order valence-electron chi connectivity index (χ0n) is 38.7. The second-order valence-corrected chi connectivity index (χ2v) is 0. The van der Waals surface area contributed by atoms with Crippen molar-refractivity contribution >= 4 is 0 Å². The Hall–Kier alpha value is 14.0. The fourth-order valence-electron chi connectivity index (χ4n) is 0. The molecule has 0 aliphatic carbocycles. The monoisotopic (exact) mass is 1370 g/mol. The van der Waals surface area contributed by atoms with E-state index in [-0.39, 0.29) is 468 Å². The van der Waals surface area contributed by atoms with Crippen LogP contribution in [0.5, 0.6) is 0 Å². The van der Waals surface area contributed by atoms with Crippen LogP contribution in [0.1, 0.15) is 64.7 Å². The Balaban J connectivity index is -0.000000000659. The third kappa shape index (κ3) is 251. The van der Waals surface area contributed by atoms with Crippen molar-refractivity contribution in [3.63, 3.8) is 0 Å². The topological polar surface area (TPSA) is 0 Å². The van der Waals surface area contributed by atoms with Gasteiger partial charge in [-0.2, -0.15) is 0 Å². The third-order valence-electron chi connectivity index (χ3n) is 0. The average molecular weight is 1370 g/mol. The van der Waals surface area contributed by atoms with E-state index < -0.39 is 0 Å². The summed E-state index contributed by atoms with van der Waals surface area (Å²) in [5, 5.41) is 0. The molecule has 25 heavy (non-hydrogen) atoms. The van der Waals surface area contributed by atoms with E-state index in [1.807, 2.05) is 0 Å². The van der Waals surface area contributed by atoms with Crippen LogP contribution in [0.4, 0.5) is 0 Å². The van der Waals surface area contributed by atoms with Crippen molar-refractivity contribution in [2.45, 2.75) is 7.43 Å². The van der Waals surface area contributed by atoms with E-state index in [4.69, 9.17) is 41.6 Å². The standard InChI is InChI=1S/CH4.24V.25H2/h1H4;;;;;;;;;;;;;;;;;;;;;;;;;25*1H/i;;;;;;;;;;;;;;;;;;;;;;;;;14*1+2T;11*1+2. The molecule has 0 aliphatic rings. The van der Waals surface area contributed by atoms with E-state index in [1.165, 1.54) is 0 Å². The van der Waals surface area contributed by atoms with Crippen molar-refractivity contribution in [1.82, 2.24) is 0 Å². The summed E-state index contributed by atoms with van der Waals surface area (Å²) in [5.74, 6) is 0. The van der Waals surface area contributed by atoms with Gasteiger partial charge in [0.15, 0.2) is 0 Å². The number of rotatable bonds is 0. The van der Waals surface area contributed by atoms with E-state index in [2.05, 4.69) is 0 Å². The van der Waals surface area contributed by atoms with Crippen LogP contribution in [0.15, 0.2) is 0 Å². The Kier molecular flexibility index (Phi) is 762. The Morgan fingerprint density at radius 3 is 0.160 bits per heavy atom. The molecule has 0 aliphatic heterocycles. The molecule has 0 fully saturated rings.